The standard InChI is InChI=1S/C13H16O3S/c1-3-13(9-12(14)15-4-2)16-10-7-5-6-8-11(10)17-13/h5-8H,3-4,9H2,1-2H3. The molecule has 1 aliphatic heterocycles. The molecular formula is C13H16O3S. The first-order valence-corrected chi connectivity index (χ1v) is 6.63. The molecule has 17 heavy (non-hydrogen) atoms. The highest BCUT2D eigenvalue weighted by atomic mass is 32.2. The van der Waals surface area contributed by atoms with Gasteiger partial charge in [-0.25, -0.2) is 0 Å². The minimum atomic E-state index is -0.490. The molecule has 0 aromatic heterocycles. The molecule has 92 valence electrons. The van der Waals surface area contributed by atoms with Crippen molar-refractivity contribution in [3.8, 4) is 5.75 Å². The number of thioether (sulfide) groups is 1. The van der Waals surface area contributed by atoms with E-state index in [2.05, 4.69) is 0 Å². The van der Waals surface area contributed by atoms with Gasteiger partial charge in [-0.15, -0.1) is 0 Å². The number of esters is 1. The lowest BCUT2D eigenvalue weighted by atomic mass is 10.2. The quantitative estimate of drug-likeness (QED) is 0.771. The molecule has 1 aromatic carbocycles. The topological polar surface area (TPSA) is 35.5 Å². The van der Waals surface area contributed by atoms with Crippen LogP contribution in [0.25, 0.3) is 0 Å². The fourth-order valence-corrected chi connectivity index (χ4v) is 3.04. The van der Waals surface area contributed by atoms with Gasteiger partial charge in [-0.1, -0.05) is 30.8 Å². The molecule has 1 heterocycles. The van der Waals surface area contributed by atoms with Crippen LogP contribution in [0.3, 0.4) is 0 Å². The molecular weight excluding hydrogens is 236 g/mol. The summed E-state index contributed by atoms with van der Waals surface area (Å²) in [5, 5.41) is 0. The summed E-state index contributed by atoms with van der Waals surface area (Å²) in [6.07, 6.45) is 1.06. The molecule has 2 rings (SSSR count). The van der Waals surface area contributed by atoms with E-state index in [0.717, 1.165) is 17.1 Å². The third kappa shape index (κ3) is 2.57. The fraction of sp³-hybridized carbons (Fsp3) is 0.462. The summed E-state index contributed by atoms with van der Waals surface area (Å²) in [6.45, 7) is 4.25. The van der Waals surface area contributed by atoms with Gasteiger partial charge in [0.2, 0.25) is 0 Å². The Morgan fingerprint density at radius 2 is 2.18 bits per heavy atom. The van der Waals surface area contributed by atoms with Gasteiger partial charge >= 0.3 is 5.97 Å². The van der Waals surface area contributed by atoms with Crippen molar-refractivity contribution in [2.45, 2.75) is 36.5 Å². The monoisotopic (exact) mass is 252 g/mol. The molecule has 1 aromatic rings. The summed E-state index contributed by atoms with van der Waals surface area (Å²) >= 11 is 1.61. The summed E-state index contributed by atoms with van der Waals surface area (Å²) < 4.78 is 10.9. The van der Waals surface area contributed by atoms with E-state index in [1.807, 2.05) is 38.1 Å². The van der Waals surface area contributed by atoms with Crippen molar-refractivity contribution in [3.05, 3.63) is 24.3 Å². The summed E-state index contributed by atoms with van der Waals surface area (Å²) in [6, 6.07) is 7.87. The Morgan fingerprint density at radius 1 is 1.41 bits per heavy atom. The SMILES string of the molecule is CCOC(=O)CC1(CC)Oc2ccccc2S1. The molecule has 0 saturated heterocycles. The predicted molar refractivity (Wildman–Crippen MR) is 67.2 cm³/mol. The number of hydrogen-bond donors (Lipinski definition) is 0. The Morgan fingerprint density at radius 3 is 2.82 bits per heavy atom. The van der Waals surface area contributed by atoms with Gasteiger partial charge in [0.1, 0.15) is 5.75 Å². The first-order chi connectivity index (χ1) is 8.19. The average molecular weight is 252 g/mol. The summed E-state index contributed by atoms with van der Waals surface area (Å²) in [5.41, 5.74) is 0. The van der Waals surface area contributed by atoms with Gasteiger partial charge in [0, 0.05) is 0 Å². The minimum absolute atomic E-state index is 0.199. The zero-order valence-corrected chi connectivity index (χ0v) is 10.9. The molecule has 1 unspecified atom stereocenters. The molecule has 3 nitrogen and oxygen atoms in total. The van der Waals surface area contributed by atoms with Crippen LogP contribution in [-0.2, 0) is 9.53 Å². The van der Waals surface area contributed by atoms with Gasteiger partial charge in [0.15, 0.2) is 4.93 Å². The van der Waals surface area contributed by atoms with Crippen molar-refractivity contribution in [2.24, 2.45) is 0 Å². The largest absolute Gasteiger partial charge is 0.474 e. The Labute approximate surface area is 105 Å². The molecule has 4 heteroatoms. The number of carbonyl (C=O) groups excluding carboxylic acids is 1. The van der Waals surface area contributed by atoms with Gasteiger partial charge < -0.3 is 9.47 Å². The molecule has 0 N–H and O–H groups in total. The summed E-state index contributed by atoms with van der Waals surface area (Å²) in [4.78, 5) is 12.2. The van der Waals surface area contributed by atoms with Crippen molar-refractivity contribution >= 4 is 17.7 Å². The van der Waals surface area contributed by atoms with Crippen molar-refractivity contribution in [1.82, 2.24) is 0 Å². The highest BCUT2D eigenvalue weighted by molar-refractivity contribution is 8.00. The van der Waals surface area contributed by atoms with Gasteiger partial charge in [0.05, 0.1) is 17.9 Å². The molecule has 1 aliphatic rings. The van der Waals surface area contributed by atoms with Gasteiger partial charge in [0.25, 0.3) is 0 Å². The Bertz CT molecular complexity index is 392. The molecule has 0 spiro atoms. The van der Waals surface area contributed by atoms with Crippen molar-refractivity contribution < 1.29 is 14.3 Å². The first kappa shape index (κ1) is 12.3. The van der Waals surface area contributed by atoms with Gasteiger partial charge in [-0.05, 0) is 25.5 Å². The maximum absolute atomic E-state index is 11.6. The van der Waals surface area contributed by atoms with Crippen LogP contribution in [0.1, 0.15) is 26.7 Å². The highest BCUT2D eigenvalue weighted by Crippen LogP contribution is 2.50. The van der Waals surface area contributed by atoms with E-state index < -0.39 is 4.93 Å². The predicted octanol–water partition coefficient (Wildman–Crippen LogP) is 3.23. The number of benzene rings is 1. The van der Waals surface area contributed by atoms with Crippen LogP contribution in [0.2, 0.25) is 0 Å². The molecule has 0 bridgehead atoms. The lowest BCUT2D eigenvalue weighted by Crippen LogP contribution is -2.32. The second kappa shape index (κ2) is 5.00. The van der Waals surface area contributed by atoms with Crippen LogP contribution in [-0.4, -0.2) is 17.5 Å². The first-order valence-electron chi connectivity index (χ1n) is 5.82. The minimum Gasteiger partial charge on any atom is -0.474 e. The highest BCUT2D eigenvalue weighted by Gasteiger charge is 2.41. The molecule has 1 atom stereocenters. The van der Waals surface area contributed by atoms with E-state index in [1.165, 1.54) is 0 Å². The lowest BCUT2D eigenvalue weighted by Gasteiger charge is -2.25. The van der Waals surface area contributed by atoms with E-state index in [9.17, 15) is 4.79 Å². The number of fused-ring (bicyclic) bond motifs is 1. The van der Waals surface area contributed by atoms with Crippen LogP contribution >= 0.6 is 11.8 Å². The van der Waals surface area contributed by atoms with Crippen molar-refractivity contribution in [2.75, 3.05) is 6.61 Å². The summed E-state index contributed by atoms with van der Waals surface area (Å²) in [5.74, 6) is 0.665. The van der Waals surface area contributed by atoms with Crippen LogP contribution in [0.5, 0.6) is 5.75 Å². The second-order valence-corrected chi connectivity index (χ2v) is 5.28. The van der Waals surface area contributed by atoms with Gasteiger partial charge in [-0.2, -0.15) is 0 Å². The molecule has 0 saturated carbocycles. The van der Waals surface area contributed by atoms with E-state index in [4.69, 9.17) is 9.47 Å². The number of ether oxygens (including phenoxy) is 2. The van der Waals surface area contributed by atoms with Crippen LogP contribution < -0.4 is 4.74 Å². The molecule has 0 radical (unpaired) electrons. The Hall–Kier alpha value is -1.16. The molecule has 0 amide bonds. The Balaban J connectivity index is 2.12. The van der Waals surface area contributed by atoms with Gasteiger partial charge in [-0.3, -0.25) is 4.79 Å². The number of rotatable bonds is 4. The Kier molecular flexibility index (Phi) is 3.62. The number of carbonyl (C=O) groups is 1. The zero-order valence-electron chi connectivity index (χ0n) is 10.1. The smallest absolute Gasteiger partial charge is 0.310 e. The van der Waals surface area contributed by atoms with Crippen LogP contribution in [0, 0.1) is 0 Å². The number of hydrogen-bond acceptors (Lipinski definition) is 4. The van der Waals surface area contributed by atoms with Crippen molar-refractivity contribution in [1.29, 1.82) is 0 Å². The van der Waals surface area contributed by atoms with E-state index in [0.29, 0.717) is 6.61 Å². The van der Waals surface area contributed by atoms with E-state index >= 15 is 0 Å². The number of para-hydroxylation sites is 1. The average Bonchev–Trinajstić information content (AvgIpc) is 2.67. The lowest BCUT2D eigenvalue weighted by molar-refractivity contribution is -0.145. The second-order valence-electron chi connectivity index (χ2n) is 3.90. The van der Waals surface area contributed by atoms with Crippen LogP contribution in [0.15, 0.2) is 29.2 Å². The summed E-state index contributed by atoms with van der Waals surface area (Å²) in [7, 11) is 0. The maximum atomic E-state index is 11.6. The van der Waals surface area contributed by atoms with E-state index in [-0.39, 0.29) is 12.4 Å². The van der Waals surface area contributed by atoms with E-state index in [1.54, 1.807) is 11.8 Å². The van der Waals surface area contributed by atoms with Crippen LogP contribution in [0.4, 0.5) is 0 Å². The zero-order chi connectivity index (χ0) is 12.3. The maximum Gasteiger partial charge on any atom is 0.310 e. The normalized spacial score (nSPS) is 21.8. The fourth-order valence-electron chi connectivity index (χ4n) is 1.81. The molecule has 0 fully saturated rings. The molecule has 0 aliphatic carbocycles. The van der Waals surface area contributed by atoms with Crippen molar-refractivity contribution in [3.63, 3.8) is 0 Å². The third-order valence-electron chi connectivity index (χ3n) is 2.70. The third-order valence-corrected chi connectivity index (χ3v) is 4.14.